The van der Waals surface area contributed by atoms with Gasteiger partial charge >= 0.3 is 0 Å². The zero-order valence-electron chi connectivity index (χ0n) is 9.71. The largest absolute Gasteiger partial charge is 0.356 e. The van der Waals surface area contributed by atoms with Crippen LogP contribution in [0, 0.1) is 10.1 Å². The third-order valence-corrected chi connectivity index (χ3v) is 2.91. The number of rotatable bonds is 2. The maximum absolute atomic E-state index is 11.8. The number of anilines is 1. The highest BCUT2D eigenvalue weighted by Crippen LogP contribution is 2.32. The standard InChI is InChI=1S/C13H9N3O3/c17-13-11(10-3-1-2-4-12(10)15-13)6-8-5-9(7-14-8)16(18)19/h1-7,14H,(H,15,17). The van der Waals surface area contributed by atoms with E-state index >= 15 is 0 Å². The van der Waals surface area contributed by atoms with Crippen molar-refractivity contribution in [2.24, 2.45) is 0 Å². The maximum Gasteiger partial charge on any atom is 0.287 e. The lowest BCUT2D eigenvalue weighted by molar-refractivity contribution is -0.384. The first-order valence-electron chi connectivity index (χ1n) is 5.60. The monoisotopic (exact) mass is 255 g/mol. The number of amides is 1. The van der Waals surface area contributed by atoms with E-state index in [9.17, 15) is 14.9 Å². The Kier molecular flexibility index (Phi) is 2.42. The number of nitrogens with zero attached hydrogens (tertiary/aromatic N) is 1. The predicted octanol–water partition coefficient (Wildman–Crippen LogP) is 2.42. The molecule has 0 aliphatic carbocycles. The summed E-state index contributed by atoms with van der Waals surface area (Å²) in [5.74, 6) is -0.210. The Hall–Kier alpha value is -2.89. The normalized spacial score (nSPS) is 15.4. The summed E-state index contributed by atoms with van der Waals surface area (Å²) in [6.07, 6.45) is 2.90. The highest BCUT2D eigenvalue weighted by molar-refractivity contribution is 6.34. The molecule has 94 valence electrons. The van der Waals surface area contributed by atoms with Gasteiger partial charge in [-0.25, -0.2) is 0 Å². The molecule has 0 fully saturated rings. The minimum atomic E-state index is -0.485. The van der Waals surface area contributed by atoms with Crippen molar-refractivity contribution in [2.45, 2.75) is 0 Å². The minimum absolute atomic E-state index is 0.0291. The molecule has 3 rings (SSSR count). The van der Waals surface area contributed by atoms with Crippen LogP contribution < -0.4 is 5.32 Å². The Morgan fingerprint density at radius 2 is 2.05 bits per heavy atom. The molecule has 0 bridgehead atoms. The molecule has 0 radical (unpaired) electrons. The molecular formula is C13H9N3O3. The zero-order chi connectivity index (χ0) is 13.4. The third kappa shape index (κ3) is 1.89. The number of fused-ring (bicyclic) bond motifs is 1. The summed E-state index contributed by atoms with van der Waals surface area (Å²) in [6.45, 7) is 0. The number of carbonyl (C=O) groups is 1. The molecule has 1 aliphatic heterocycles. The van der Waals surface area contributed by atoms with Crippen molar-refractivity contribution < 1.29 is 9.72 Å². The van der Waals surface area contributed by atoms with Gasteiger partial charge in [0.05, 0.1) is 16.7 Å². The highest BCUT2D eigenvalue weighted by atomic mass is 16.6. The van der Waals surface area contributed by atoms with Gasteiger partial charge in [-0.1, -0.05) is 18.2 Å². The van der Waals surface area contributed by atoms with Gasteiger partial charge in [-0.3, -0.25) is 14.9 Å². The van der Waals surface area contributed by atoms with Crippen LogP contribution >= 0.6 is 0 Å². The number of hydrogen-bond acceptors (Lipinski definition) is 3. The first kappa shape index (κ1) is 11.2. The second-order valence-corrected chi connectivity index (χ2v) is 4.13. The zero-order valence-corrected chi connectivity index (χ0v) is 9.71. The van der Waals surface area contributed by atoms with E-state index in [0.29, 0.717) is 11.3 Å². The quantitative estimate of drug-likeness (QED) is 0.490. The van der Waals surface area contributed by atoms with Crippen molar-refractivity contribution in [3.05, 3.63) is 57.9 Å². The van der Waals surface area contributed by atoms with E-state index in [1.807, 2.05) is 24.3 Å². The number of para-hydroxylation sites is 1. The van der Waals surface area contributed by atoms with Gasteiger partial charge in [-0.15, -0.1) is 0 Å². The molecule has 1 aliphatic rings. The Morgan fingerprint density at radius 1 is 1.26 bits per heavy atom. The van der Waals surface area contributed by atoms with E-state index < -0.39 is 4.92 Å². The van der Waals surface area contributed by atoms with Gasteiger partial charge in [-0.05, 0) is 12.1 Å². The average Bonchev–Trinajstić information content (AvgIpc) is 2.96. The molecular weight excluding hydrogens is 246 g/mol. The van der Waals surface area contributed by atoms with Gasteiger partial charge in [-0.2, -0.15) is 0 Å². The second-order valence-electron chi connectivity index (χ2n) is 4.13. The predicted molar refractivity (Wildman–Crippen MR) is 70.4 cm³/mol. The second kappa shape index (κ2) is 4.09. The number of hydrogen-bond donors (Lipinski definition) is 2. The van der Waals surface area contributed by atoms with Gasteiger partial charge in [0, 0.05) is 23.0 Å². The molecule has 0 saturated carbocycles. The minimum Gasteiger partial charge on any atom is -0.356 e. The van der Waals surface area contributed by atoms with Crippen LogP contribution in [0.4, 0.5) is 11.4 Å². The molecule has 0 spiro atoms. The Morgan fingerprint density at radius 3 is 2.79 bits per heavy atom. The molecule has 0 atom stereocenters. The third-order valence-electron chi connectivity index (χ3n) is 2.91. The molecule has 2 aromatic rings. The maximum atomic E-state index is 11.8. The lowest BCUT2D eigenvalue weighted by Crippen LogP contribution is -2.03. The Balaban J connectivity index is 2.03. The van der Waals surface area contributed by atoms with E-state index in [2.05, 4.69) is 10.3 Å². The van der Waals surface area contributed by atoms with Gasteiger partial charge in [0.1, 0.15) is 0 Å². The fourth-order valence-corrected chi connectivity index (χ4v) is 2.03. The Bertz CT molecular complexity index is 715. The molecule has 2 heterocycles. The smallest absolute Gasteiger partial charge is 0.287 e. The van der Waals surface area contributed by atoms with E-state index in [4.69, 9.17) is 0 Å². The summed E-state index contributed by atoms with van der Waals surface area (Å²) < 4.78 is 0. The fourth-order valence-electron chi connectivity index (χ4n) is 2.03. The summed E-state index contributed by atoms with van der Waals surface area (Å²) in [5, 5.41) is 13.3. The fraction of sp³-hybridized carbons (Fsp3) is 0. The summed E-state index contributed by atoms with van der Waals surface area (Å²) in [6, 6.07) is 8.70. The van der Waals surface area contributed by atoms with Crippen molar-refractivity contribution >= 4 is 28.9 Å². The molecule has 19 heavy (non-hydrogen) atoms. The van der Waals surface area contributed by atoms with Crippen molar-refractivity contribution in [2.75, 3.05) is 5.32 Å². The number of nitro groups is 1. The number of benzene rings is 1. The topological polar surface area (TPSA) is 88.0 Å². The first-order valence-corrected chi connectivity index (χ1v) is 5.60. The van der Waals surface area contributed by atoms with Gasteiger partial charge in [0.2, 0.25) is 0 Å². The van der Waals surface area contributed by atoms with Crippen molar-refractivity contribution in [1.82, 2.24) is 4.98 Å². The molecule has 6 heteroatoms. The molecule has 6 nitrogen and oxygen atoms in total. The van der Waals surface area contributed by atoms with Crippen LogP contribution in [-0.4, -0.2) is 15.8 Å². The van der Waals surface area contributed by atoms with E-state index in [1.54, 1.807) is 6.08 Å². The van der Waals surface area contributed by atoms with Crippen LogP contribution in [0.1, 0.15) is 11.3 Å². The van der Waals surface area contributed by atoms with Crippen LogP contribution in [0.15, 0.2) is 36.5 Å². The van der Waals surface area contributed by atoms with Gasteiger partial charge in [0.25, 0.3) is 11.6 Å². The molecule has 2 N–H and O–H groups in total. The molecule has 0 saturated heterocycles. The summed E-state index contributed by atoms with van der Waals surface area (Å²) in [7, 11) is 0. The van der Waals surface area contributed by atoms with E-state index in [0.717, 1.165) is 11.3 Å². The summed E-state index contributed by atoms with van der Waals surface area (Å²) in [4.78, 5) is 24.7. The van der Waals surface area contributed by atoms with Gasteiger partial charge < -0.3 is 10.3 Å². The van der Waals surface area contributed by atoms with Crippen LogP contribution in [0.25, 0.3) is 11.6 Å². The first-order chi connectivity index (χ1) is 9.15. The van der Waals surface area contributed by atoms with Gasteiger partial charge in [0.15, 0.2) is 0 Å². The van der Waals surface area contributed by atoms with E-state index in [-0.39, 0.29) is 11.6 Å². The SMILES string of the molecule is O=C1Nc2ccccc2C1=Cc1cc([N+](=O)[O-])c[nH]1. The van der Waals surface area contributed by atoms with Crippen molar-refractivity contribution in [3.63, 3.8) is 0 Å². The molecule has 1 aromatic carbocycles. The number of aromatic nitrogens is 1. The van der Waals surface area contributed by atoms with E-state index in [1.165, 1.54) is 12.3 Å². The van der Waals surface area contributed by atoms with Crippen LogP contribution in [0.5, 0.6) is 0 Å². The Labute approximate surface area is 107 Å². The average molecular weight is 255 g/mol. The summed E-state index contributed by atoms with van der Waals surface area (Å²) >= 11 is 0. The van der Waals surface area contributed by atoms with Crippen molar-refractivity contribution in [1.29, 1.82) is 0 Å². The number of nitrogens with one attached hydrogen (secondary N) is 2. The molecule has 1 aromatic heterocycles. The van der Waals surface area contributed by atoms with Crippen LogP contribution in [0.3, 0.4) is 0 Å². The highest BCUT2D eigenvalue weighted by Gasteiger charge is 2.23. The number of aromatic amines is 1. The lowest BCUT2D eigenvalue weighted by atomic mass is 10.1. The summed E-state index contributed by atoms with van der Waals surface area (Å²) in [5.41, 5.74) is 2.53. The van der Waals surface area contributed by atoms with Crippen molar-refractivity contribution in [3.8, 4) is 0 Å². The molecule has 1 amide bonds. The van der Waals surface area contributed by atoms with Crippen LogP contribution in [0.2, 0.25) is 0 Å². The lowest BCUT2D eigenvalue weighted by Gasteiger charge is -1.95. The van der Waals surface area contributed by atoms with Crippen LogP contribution in [-0.2, 0) is 4.79 Å². The number of H-pyrrole nitrogens is 1. The number of carbonyl (C=O) groups excluding carboxylic acids is 1. The molecule has 0 unspecified atom stereocenters.